The van der Waals surface area contributed by atoms with Gasteiger partial charge in [0, 0.05) is 17.7 Å². The Morgan fingerprint density at radius 3 is 2.07 bits per heavy atom. The third kappa shape index (κ3) is 6.93. The van der Waals surface area contributed by atoms with Crippen molar-refractivity contribution in [2.75, 3.05) is 13.2 Å². The van der Waals surface area contributed by atoms with E-state index >= 15 is 0 Å². The third-order valence-electron chi connectivity index (χ3n) is 4.72. The first-order valence-electron chi connectivity index (χ1n) is 9.76. The van der Waals surface area contributed by atoms with Crippen LogP contribution in [0.25, 0.3) is 0 Å². The minimum atomic E-state index is 0.210. The molecular weight excluding hydrogens is 352 g/mol. The van der Waals surface area contributed by atoms with Gasteiger partial charge in [-0.25, -0.2) is 0 Å². The van der Waals surface area contributed by atoms with Crippen molar-refractivity contribution in [1.82, 2.24) is 0 Å². The highest BCUT2D eigenvalue weighted by Gasteiger charge is 2.17. The summed E-state index contributed by atoms with van der Waals surface area (Å²) in [7, 11) is 0. The molecule has 4 heteroatoms. The zero-order valence-electron chi connectivity index (χ0n) is 17.7. The zero-order chi connectivity index (χ0) is 21.0. The Morgan fingerprint density at radius 1 is 0.893 bits per heavy atom. The Labute approximate surface area is 168 Å². The Hall–Kier alpha value is -2.46. The third-order valence-corrected chi connectivity index (χ3v) is 4.72. The molecule has 0 fully saturated rings. The fraction of sp³-hybridized carbons (Fsp3) is 0.417. The molecule has 0 aromatic heterocycles. The number of benzene rings is 2. The number of hydrogen-bond donors (Lipinski definition) is 0. The maximum atomic E-state index is 10.8. The van der Waals surface area contributed by atoms with E-state index in [0.717, 1.165) is 30.1 Å². The summed E-state index contributed by atoms with van der Waals surface area (Å²) >= 11 is 0. The molecule has 0 atom stereocenters. The molecule has 0 bridgehead atoms. The van der Waals surface area contributed by atoms with E-state index in [1.165, 1.54) is 5.56 Å². The van der Waals surface area contributed by atoms with Crippen LogP contribution in [0.2, 0.25) is 0 Å². The normalized spacial score (nSPS) is 10.6. The van der Waals surface area contributed by atoms with E-state index in [1.54, 1.807) is 6.07 Å². The minimum Gasteiger partial charge on any atom is -0.493 e. The van der Waals surface area contributed by atoms with Crippen LogP contribution in [0.1, 0.15) is 72.9 Å². The summed E-state index contributed by atoms with van der Waals surface area (Å²) in [4.78, 5) is 21.2. The number of carbonyl (C=O) groups is 2. The average molecular weight is 385 g/mol. The first kappa shape index (κ1) is 23.6. The van der Waals surface area contributed by atoms with Crippen LogP contribution >= 0.6 is 0 Å². The Kier molecular flexibility index (Phi) is 10.2. The van der Waals surface area contributed by atoms with Crippen molar-refractivity contribution in [3.63, 3.8) is 0 Å². The number of para-hydroxylation sites is 1. The molecule has 2 rings (SSSR count). The zero-order valence-corrected chi connectivity index (χ0v) is 17.7. The number of aldehydes is 2. The van der Waals surface area contributed by atoms with Crippen LogP contribution in [0.3, 0.4) is 0 Å². The van der Waals surface area contributed by atoms with Gasteiger partial charge in [0.2, 0.25) is 0 Å². The lowest BCUT2D eigenvalue weighted by atomic mass is 9.82. The van der Waals surface area contributed by atoms with Gasteiger partial charge < -0.3 is 9.47 Å². The molecule has 0 amide bonds. The summed E-state index contributed by atoms with van der Waals surface area (Å²) in [5, 5.41) is 0. The number of ether oxygens (including phenoxy) is 2. The largest absolute Gasteiger partial charge is 0.493 e. The summed E-state index contributed by atoms with van der Waals surface area (Å²) in [6, 6.07) is 13.3. The molecule has 0 heterocycles. The Bertz CT molecular complexity index is 733. The van der Waals surface area contributed by atoms with Gasteiger partial charge >= 0.3 is 0 Å². The summed E-state index contributed by atoms with van der Waals surface area (Å²) < 4.78 is 10.8. The van der Waals surface area contributed by atoms with Crippen LogP contribution in [0.4, 0.5) is 0 Å². The molecule has 0 N–H and O–H groups in total. The summed E-state index contributed by atoms with van der Waals surface area (Å²) in [5.41, 5.74) is 3.75. The van der Waals surface area contributed by atoms with Crippen molar-refractivity contribution < 1.29 is 19.1 Å². The van der Waals surface area contributed by atoms with Crippen molar-refractivity contribution >= 4 is 12.6 Å². The second-order valence-electron chi connectivity index (χ2n) is 7.00. The van der Waals surface area contributed by atoms with Crippen LogP contribution in [0.15, 0.2) is 42.5 Å². The van der Waals surface area contributed by atoms with E-state index in [9.17, 15) is 9.59 Å². The molecule has 0 aliphatic carbocycles. The first-order valence-corrected chi connectivity index (χ1v) is 9.76. The molecular formula is C24H32O4. The van der Waals surface area contributed by atoms with E-state index < -0.39 is 0 Å². The SMILES string of the molecule is CCC(C)(C)c1ccc(C=O)cc1.CCOCc1cccc(C=O)c1OCC. The van der Waals surface area contributed by atoms with Crippen molar-refractivity contribution in [2.24, 2.45) is 0 Å². The smallest absolute Gasteiger partial charge is 0.153 e. The van der Waals surface area contributed by atoms with Gasteiger partial charge in [0.15, 0.2) is 6.29 Å². The predicted molar refractivity (Wildman–Crippen MR) is 113 cm³/mol. The molecule has 0 spiro atoms. The lowest BCUT2D eigenvalue weighted by Crippen LogP contribution is -2.15. The molecule has 0 saturated carbocycles. The van der Waals surface area contributed by atoms with E-state index in [4.69, 9.17) is 9.47 Å². The predicted octanol–water partition coefficient (Wildman–Crippen LogP) is 5.62. The standard InChI is InChI=1S/C12H16O3.C12H16O/c1-3-14-9-11-7-5-6-10(8-13)12(11)15-4-2;1-4-12(2,3)11-7-5-10(9-13)6-8-11/h5-8H,3-4,9H2,1-2H3;5-9H,4H2,1-3H3. The minimum absolute atomic E-state index is 0.210. The van der Waals surface area contributed by atoms with Gasteiger partial charge in [-0.3, -0.25) is 9.59 Å². The van der Waals surface area contributed by atoms with Crippen LogP contribution in [0, 0.1) is 0 Å². The quantitative estimate of drug-likeness (QED) is 0.527. The van der Waals surface area contributed by atoms with E-state index in [0.29, 0.717) is 31.1 Å². The second-order valence-corrected chi connectivity index (χ2v) is 7.00. The molecule has 152 valence electrons. The van der Waals surface area contributed by atoms with Gasteiger partial charge in [0.1, 0.15) is 12.0 Å². The number of carbonyl (C=O) groups excluding carboxylic acids is 2. The summed E-state index contributed by atoms with van der Waals surface area (Å²) in [6.07, 6.45) is 2.79. The van der Waals surface area contributed by atoms with E-state index in [2.05, 4.69) is 20.8 Å². The lowest BCUT2D eigenvalue weighted by Gasteiger charge is -2.23. The van der Waals surface area contributed by atoms with Gasteiger partial charge in [-0.15, -0.1) is 0 Å². The second kappa shape index (κ2) is 12.1. The van der Waals surface area contributed by atoms with Crippen molar-refractivity contribution in [1.29, 1.82) is 0 Å². The molecule has 0 saturated heterocycles. The van der Waals surface area contributed by atoms with Crippen molar-refractivity contribution in [3.8, 4) is 5.75 Å². The molecule has 28 heavy (non-hydrogen) atoms. The number of rotatable bonds is 9. The van der Waals surface area contributed by atoms with Crippen LogP contribution in [-0.2, 0) is 16.8 Å². The van der Waals surface area contributed by atoms with Gasteiger partial charge in [0.25, 0.3) is 0 Å². The molecule has 4 nitrogen and oxygen atoms in total. The van der Waals surface area contributed by atoms with Crippen LogP contribution in [0.5, 0.6) is 5.75 Å². The van der Waals surface area contributed by atoms with Gasteiger partial charge in [0.05, 0.1) is 18.8 Å². The first-order chi connectivity index (χ1) is 13.4. The summed E-state index contributed by atoms with van der Waals surface area (Å²) in [6.45, 7) is 12.1. The molecule has 2 aromatic rings. The van der Waals surface area contributed by atoms with Gasteiger partial charge in [-0.1, -0.05) is 57.2 Å². The Morgan fingerprint density at radius 2 is 1.57 bits per heavy atom. The maximum absolute atomic E-state index is 10.8. The van der Waals surface area contributed by atoms with Gasteiger partial charge in [-0.05, 0) is 37.3 Å². The monoisotopic (exact) mass is 384 g/mol. The van der Waals surface area contributed by atoms with E-state index in [1.807, 2.05) is 50.2 Å². The van der Waals surface area contributed by atoms with E-state index in [-0.39, 0.29) is 5.41 Å². The highest BCUT2D eigenvalue weighted by Crippen LogP contribution is 2.26. The van der Waals surface area contributed by atoms with Crippen molar-refractivity contribution in [2.45, 2.75) is 53.1 Å². The molecule has 0 unspecified atom stereocenters. The fourth-order valence-electron chi connectivity index (χ4n) is 2.56. The molecule has 0 radical (unpaired) electrons. The molecule has 2 aromatic carbocycles. The topological polar surface area (TPSA) is 52.6 Å². The highest BCUT2D eigenvalue weighted by molar-refractivity contribution is 5.80. The molecule has 0 aliphatic rings. The van der Waals surface area contributed by atoms with Crippen LogP contribution in [-0.4, -0.2) is 25.8 Å². The maximum Gasteiger partial charge on any atom is 0.153 e. The van der Waals surface area contributed by atoms with Gasteiger partial charge in [-0.2, -0.15) is 0 Å². The molecule has 0 aliphatic heterocycles. The number of hydrogen-bond acceptors (Lipinski definition) is 4. The van der Waals surface area contributed by atoms with Crippen LogP contribution < -0.4 is 4.74 Å². The average Bonchev–Trinajstić information content (AvgIpc) is 2.73. The van der Waals surface area contributed by atoms with Crippen molar-refractivity contribution in [3.05, 3.63) is 64.7 Å². The lowest BCUT2D eigenvalue weighted by molar-refractivity contribution is 0.111. The summed E-state index contributed by atoms with van der Waals surface area (Å²) in [5.74, 6) is 0.642. The fourth-order valence-corrected chi connectivity index (χ4v) is 2.56. The Balaban J connectivity index is 0.000000283. The highest BCUT2D eigenvalue weighted by atomic mass is 16.5.